The summed E-state index contributed by atoms with van der Waals surface area (Å²) in [7, 11) is -3.58. The molecular weight excluding hydrogens is 417 g/mol. The van der Waals surface area contributed by atoms with E-state index in [9.17, 15) is 17.6 Å². The number of carbonyl (C=O) groups is 1. The average Bonchev–Trinajstić information content (AvgIpc) is 3.30. The molecule has 0 spiro atoms. The van der Waals surface area contributed by atoms with Gasteiger partial charge in [0.05, 0.1) is 10.6 Å². The zero-order chi connectivity index (χ0) is 22.0. The van der Waals surface area contributed by atoms with E-state index in [4.69, 9.17) is 0 Å². The SMILES string of the molecule is CC1CCN(S(=O)(=O)c2ccc(C(=O)Nc3c(F)cccc3N3CCCC3)cc2)CC1. The van der Waals surface area contributed by atoms with E-state index in [2.05, 4.69) is 17.1 Å². The van der Waals surface area contributed by atoms with Gasteiger partial charge in [-0.1, -0.05) is 13.0 Å². The Hall–Kier alpha value is -2.45. The van der Waals surface area contributed by atoms with Crippen LogP contribution in [0, 0.1) is 11.7 Å². The van der Waals surface area contributed by atoms with Crippen molar-refractivity contribution in [1.82, 2.24) is 4.31 Å². The normalized spacial score (nSPS) is 18.3. The third-order valence-electron chi connectivity index (χ3n) is 6.17. The summed E-state index contributed by atoms with van der Waals surface area (Å²) >= 11 is 0. The minimum absolute atomic E-state index is 0.161. The number of benzene rings is 2. The number of para-hydroxylation sites is 1. The van der Waals surface area contributed by atoms with E-state index in [0.717, 1.165) is 38.8 Å². The van der Waals surface area contributed by atoms with E-state index < -0.39 is 21.7 Å². The van der Waals surface area contributed by atoms with Crippen LogP contribution in [-0.2, 0) is 10.0 Å². The maximum absolute atomic E-state index is 14.5. The van der Waals surface area contributed by atoms with E-state index in [0.29, 0.717) is 24.7 Å². The topological polar surface area (TPSA) is 69.7 Å². The van der Waals surface area contributed by atoms with Crippen LogP contribution >= 0.6 is 0 Å². The van der Waals surface area contributed by atoms with Crippen LogP contribution in [0.15, 0.2) is 47.4 Å². The number of piperidine rings is 1. The van der Waals surface area contributed by atoms with Crippen molar-refractivity contribution in [2.24, 2.45) is 5.92 Å². The van der Waals surface area contributed by atoms with Crippen molar-refractivity contribution >= 4 is 27.3 Å². The molecule has 1 N–H and O–H groups in total. The van der Waals surface area contributed by atoms with Crippen LogP contribution in [0.5, 0.6) is 0 Å². The molecule has 0 aromatic heterocycles. The van der Waals surface area contributed by atoms with Crippen molar-refractivity contribution in [2.75, 3.05) is 36.4 Å². The van der Waals surface area contributed by atoms with E-state index in [1.165, 1.54) is 34.6 Å². The maximum Gasteiger partial charge on any atom is 0.255 e. The highest BCUT2D eigenvalue weighted by Gasteiger charge is 2.28. The lowest BCUT2D eigenvalue weighted by Crippen LogP contribution is -2.37. The van der Waals surface area contributed by atoms with Gasteiger partial charge in [0.2, 0.25) is 10.0 Å². The summed E-state index contributed by atoms with van der Waals surface area (Å²) in [5.41, 5.74) is 1.11. The number of sulfonamides is 1. The van der Waals surface area contributed by atoms with Crippen LogP contribution in [0.2, 0.25) is 0 Å². The summed E-state index contributed by atoms with van der Waals surface area (Å²) in [6, 6.07) is 10.6. The van der Waals surface area contributed by atoms with Gasteiger partial charge in [-0.05, 0) is 68.0 Å². The summed E-state index contributed by atoms with van der Waals surface area (Å²) < 4.78 is 41.8. The molecule has 0 saturated carbocycles. The Morgan fingerprint density at radius 3 is 2.29 bits per heavy atom. The molecule has 166 valence electrons. The Kier molecular flexibility index (Phi) is 6.29. The first kappa shape index (κ1) is 21.8. The van der Waals surface area contributed by atoms with E-state index in [-0.39, 0.29) is 16.1 Å². The Balaban J connectivity index is 1.51. The number of amides is 1. The zero-order valence-corrected chi connectivity index (χ0v) is 18.5. The minimum Gasteiger partial charge on any atom is -0.370 e. The lowest BCUT2D eigenvalue weighted by atomic mass is 10.0. The average molecular weight is 446 g/mol. The van der Waals surface area contributed by atoms with Gasteiger partial charge in [0.1, 0.15) is 11.5 Å². The fraction of sp³-hybridized carbons (Fsp3) is 0.435. The number of hydrogen-bond acceptors (Lipinski definition) is 4. The third kappa shape index (κ3) is 4.60. The molecule has 2 aromatic rings. The summed E-state index contributed by atoms with van der Waals surface area (Å²) in [4.78, 5) is 15.0. The molecule has 1 amide bonds. The Morgan fingerprint density at radius 1 is 1.00 bits per heavy atom. The van der Waals surface area contributed by atoms with Crippen molar-refractivity contribution in [2.45, 2.75) is 37.5 Å². The van der Waals surface area contributed by atoms with Gasteiger partial charge < -0.3 is 10.2 Å². The number of nitrogens with one attached hydrogen (secondary N) is 1. The third-order valence-corrected chi connectivity index (χ3v) is 8.09. The van der Waals surface area contributed by atoms with Crippen LogP contribution < -0.4 is 10.2 Å². The minimum atomic E-state index is -3.58. The number of anilines is 2. The van der Waals surface area contributed by atoms with Crippen molar-refractivity contribution in [3.8, 4) is 0 Å². The van der Waals surface area contributed by atoms with Crippen LogP contribution in [-0.4, -0.2) is 44.8 Å². The first-order valence-corrected chi connectivity index (χ1v) is 12.3. The highest BCUT2D eigenvalue weighted by atomic mass is 32.2. The van der Waals surface area contributed by atoms with Gasteiger partial charge in [-0.15, -0.1) is 0 Å². The molecule has 0 bridgehead atoms. The molecule has 0 radical (unpaired) electrons. The lowest BCUT2D eigenvalue weighted by Gasteiger charge is -2.29. The molecule has 8 heteroatoms. The summed E-state index contributed by atoms with van der Waals surface area (Å²) in [5, 5.41) is 2.68. The highest BCUT2D eigenvalue weighted by molar-refractivity contribution is 7.89. The second-order valence-electron chi connectivity index (χ2n) is 8.39. The van der Waals surface area contributed by atoms with Crippen LogP contribution in [0.3, 0.4) is 0 Å². The summed E-state index contributed by atoms with van der Waals surface area (Å²) in [6.07, 6.45) is 3.77. The highest BCUT2D eigenvalue weighted by Crippen LogP contribution is 2.32. The van der Waals surface area contributed by atoms with Crippen LogP contribution in [0.25, 0.3) is 0 Å². The first-order chi connectivity index (χ1) is 14.9. The zero-order valence-electron chi connectivity index (χ0n) is 17.7. The second kappa shape index (κ2) is 8.96. The Bertz CT molecular complexity index is 1040. The number of carbonyl (C=O) groups excluding carboxylic acids is 1. The molecule has 4 rings (SSSR count). The van der Waals surface area contributed by atoms with Crippen molar-refractivity contribution in [1.29, 1.82) is 0 Å². The van der Waals surface area contributed by atoms with Gasteiger partial charge >= 0.3 is 0 Å². The summed E-state index contributed by atoms with van der Waals surface area (Å²) in [6.45, 7) is 4.81. The predicted octanol–water partition coefficient (Wildman–Crippen LogP) is 4.10. The fourth-order valence-corrected chi connectivity index (χ4v) is 5.67. The smallest absolute Gasteiger partial charge is 0.255 e. The van der Waals surface area contributed by atoms with E-state index in [1.54, 1.807) is 12.1 Å². The van der Waals surface area contributed by atoms with Crippen molar-refractivity contribution < 1.29 is 17.6 Å². The van der Waals surface area contributed by atoms with Crippen molar-refractivity contribution in [3.63, 3.8) is 0 Å². The van der Waals surface area contributed by atoms with E-state index >= 15 is 0 Å². The number of hydrogen-bond donors (Lipinski definition) is 1. The number of halogens is 1. The summed E-state index contributed by atoms with van der Waals surface area (Å²) in [5.74, 6) is -0.432. The monoisotopic (exact) mass is 445 g/mol. The quantitative estimate of drug-likeness (QED) is 0.752. The maximum atomic E-state index is 14.5. The van der Waals surface area contributed by atoms with Crippen molar-refractivity contribution in [3.05, 3.63) is 53.8 Å². The molecule has 2 heterocycles. The molecule has 0 unspecified atom stereocenters. The van der Waals surface area contributed by atoms with Crippen LogP contribution in [0.1, 0.15) is 43.0 Å². The van der Waals surface area contributed by atoms with Crippen LogP contribution in [0.4, 0.5) is 15.8 Å². The standard InChI is InChI=1S/C23H28FN3O3S/c1-17-11-15-27(16-12-17)31(29,30)19-9-7-18(8-10-19)23(28)25-22-20(24)5-4-6-21(22)26-13-2-3-14-26/h4-10,17H,2-3,11-16H2,1H3,(H,25,28). The molecule has 2 saturated heterocycles. The van der Waals surface area contributed by atoms with E-state index in [1.807, 2.05) is 0 Å². The molecule has 2 aromatic carbocycles. The number of rotatable bonds is 5. The molecule has 2 fully saturated rings. The second-order valence-corrected chi connectivity index (χ2v) is 10.3. The van der Waals surface area contributed by atoms with Gasteiger partial charge in [0, 0.05) is 31.7 Å². The molecule has 6 nitrogen and oxygen atoms in total. The number of nitrogens with zero attached hydrogens (tertiary/aromatic N) is 2. The molecule has 2 aliphatic rings. The fourth-order valence-electron chi connectivity index (χ4n) is 4.20. The molecule has 0 atom stereocenters. The predicted molar refractivity (Wildman–Crippen MR) is 119 cm³/mol. The van der Waals surface area contributed by atoms with Gasteiger partial charge in [-0.3, -0.25) is 4.79 Å². The van der Waals surface area contributed by atoms with Gasteiger partial charge in [-0.2, -0.15) is 4.31 Å². The first-order valence-electron chi connectivity index (χ1n) is 10.8. The van der Waals surface area contributed by atoms with Gasteiger partial charge in [-0.25, -0.2) is 12.8 Å². The molecule has 31 heavy (non-hydrogen) atoms. The largest absolute Gasteiger partial charge is 0.370 e. The molecule has 2 aliphatic heterocycles. The lowest BCUT2D eigenvalue weighted by molar-refractivity contribution is 0.102. The molecule has 0 aliphatic carbocycles. The Labute approximate surface area is 183 Å². The van der Waals surface area contributed by atoms with Gasteiger partial charge in [0.25, 0.3) is 5.91 Å². The molecular formula is C23H28FN3O3S. The Morgan fingerprint density at radius 2 is 1.65 bits per heavy atom. The van der Waals surface area contributed by atoms with Gasteiger partial charge in [0.15, 0.2) is 0 Å².